The molecule has 0 aliphatic carbocycles. The molecule has 0 spiro atoms. The molecule has 1 amide bonds. The number of likely N-dealkylation sites (tertiary alicyclic amines) is 1. The lowest BCUT2D eigenvalue weighted by Gasteiger charge is -2.40. The van der Waals surface area contributed by atoms with E-state index in [4.69, 9.17) is 4.74 Å². The third-order valence-corrected chi connectivity index (χ3v) is 3.29. The quantitative estimate of drug-likeness (QED) is 0.928. The highest BCUT2D eigenvalue weighted by Gasteiger charge is 2.33. The Morgan fingerprint density at radius 2 is 1.95 bits per heavy atom. The number of amides is 1. The van der Waals surface area contributed by atoms with E-state index < -0.39 is 5.60 Å². The Morgan fingerprint density at radius 3 is 2.52 bits per heavy atom. The Hall–Kier alpha value is -1.62. The predicted molar refractivity (Wildman–Crippen MR) is 79.7 cm³/mol. The summed E-state index contributed by atoms with van der Waals surface area (Å²) in [6, 6.07) is 6.86. The fourth-order valence-electron chi connectivity index (χ4n) is 2.15. The fourth-order valence-corrected chi connectivity index (χ4v) is 2.15. The maximum absolute atomic E-state index is 12.8. The molecule has 0 atom stereocenters. The SMILES string of the molecule is CC(C)(C)OC(=O)N1CC(NCCc2ccc(F)cc2)C1. The maximum Gasteiger partial charge on any atom is 0.410 e. The average Bonchev–Trinajstić information content (AvgIpc) is 2.32. The average molecular weight is 294 g/mol. The highest BCUT2D eigenvalue weighted by atomic mass is 19.1. The zero-order chi connectivity index (χ0) is 15.5. The molecule has 1 aliphatic heterocycles. The lowest BCUT2D eigenvalue weighted by molar-refractivity contribution is 0.00542. The predicted octanol–water partition coefficient (Wildman–Crippen LogP) is 2.58. The Labute approximate surface area is 125 Å². The van der Waals surface area contributed by atoms with E-state index in [1.807, 2.05) is 20.8 Å². The van der Waals surface area contributed by atoms with Crippen LogP contribution >= 0.6 is 0 Å². The number of rotatable bonds is 4. The van der Waals surface area contributed by atoms with Gasteiger partial charge >= 0.3 is 6.09 Å². The van der Waals surface area contributed by atoms with Crippen LogP contribution in [0.25, 0.3) is 0 Å². The van der Waals surface area contributed by atoms with E-state index in [2.05, 4.69) is 5.32 Å². The van der Waals surface area contributed by atoms with Crippen molar-refractivity contribution in [3.05, 3.63) is 35.6 Å². The molecule has 0 saturated carbocycles. The van der Waals surface area contributed by atoms with E-state index >= 15 is 0 Å². The van der Waals surface area contributed by atoms with Gasteiger partial charge in [0, 0.05) is 19.1 Å². The summed E-state index contributed by atoms with van der Waals surface area (Å²) in [4.78, 5) is 13.4. The number of carbonyl (C=O) groups is 1. The second kappa shape index (κ2) is 6.43. The second-order valence-electron chi connectivity index (χ2n) is 6.41. The fraction of sp³-hybridized carbons (Fsp3) is 0.562. The Morgan fingerprint density at radius 1 is 1.33 bits per heavy atom. The van der Waals surface area contributed by atoms with Crippen molar-refractivity contribution in [2.24, 2.45) is 0 Å². The molecule has 1 aliphatic rings. The Bertz CT molecular complexity index is 476. The second-order valence-corrected chi connectivity index (χ2v) is 6.41. The molecular weight excluding hydrogens is 271 g/mol. The summed E-state index contributed by atoms with van der Waals surface area (Å²) in [5.41, 5.74) is 0.658. The van der Waals surface area contributed by atoms with Crippen molar-refractivity contribution in [3.8, 4) is 0 Å². The third-order valence-electron chi connectivity index (χ3n) is 3.29. The molecule has 0 aromatic heterocycles. The first-order chi connectivity index (χ1) is 9.83. The van der Waals surface area contributed by atoms with Crippen molar-refractivity contribution >= 4 is 6.09 Å². The van der Waals surface area contributed by atoms with E-state index in [0.717, 1.165) is 18.5 Å². The van der Waals surface area contributed by atoms with Gasteiger partial charge in [-0.1, -0.05) is 12.1 Å². The molecule has 1 fully saturated rings. The molecule has 0 bridgehead atoms. The number of hydrogen-bond donors (Lipinski definition) is 1. The van der Waals surface area contributed by atoms with E-state index in [-0.39, 0.29) is 11.9 Å². The Kier molecular flexibility index (Phi) is 4.83. The van der Waals surface area contributed by atoms with Gasteiger partial charge in [-0.3, -0.25) is 0 Å². The number of nitrogens with zero attached hydrogens (tertiary/aromatic N) is 1. The van der Waals surface area contributed by atoms with Crippen molar-refractivity contribution in [2.75, 3.05) is 19.6 Å². The van der Waals surface area contributed by atoms with Crippen LogP contribution in [-0.4, -0.2) is 42.3 Å². The zero-order valence-corrected chi connectivity index (χ0v) is 12.9. The molecule has 5 heteroatoms. The van der Waals surface area contributed by atoms with E-state index in [0.29, 0.717) is 19.1 Å². The molecule has 1 heterocycles. The van der Waals surface area contributed by atoms with Crippen molar-refractivity contribution in [3.63, 3.8) is 0 Å². The standard InChI is InChI=1S/C16H23FN2O2/c1-16(2,3)21-15(20)19-10-14(11-19)18-9-8-12-4-6-13(17)7-5-12/h4-7,14,18H,8-11H2,1-3H3. The van der Waals surface area contributed by atoms with Gasteiger partial charge in [0.25, 0.3) is 0 Å². The summed E-state index contributed by atoms with van der Waals surface area (Å²) in [5, 5.41) is 3.39. The largest absolute Gasteiger partial charge is 0.444 e. The highest BCUT2D eigenvalue weighted by molar-refractivity contribution is 5.69. The number of carbonyl (C=O) groups excluding carboxylic acids is 1. The minimum atomic E-state index is -0.446. The van der Waals surface area contributed by atoms with E-state index in [9.17, 15) is 9.18 Å². The molecule has 1 N–H and O–H groups in total. The van der Waals surface area contributed by atoms with Crippen molar-refractivity contribution < 1.29 is 13.9 Å². The first kappa shape index (κ1) is 15.8. The minimum absolute atomic E-state index is 0.210. The third kappa shape index (κ3) is 5.01. The zero-order valence-electron chi connectivity index (χ0n) is 12.9. The topological polar surface area (TPSA) is 41.6 Å². The number of halogens is 1. The summed E-state index contributed by atoms with van der Waals surface area (Å²) in [6.07, 6.45) is 0.600. The van der Waals surface area contributed by atoms with Gasteiger partial charge in [0.05, 0.1) is 0 Å². The van der Waals surface area contributed by atoms with Crippen LogP contribution in [0.4, 0.5) is 9.18 Å². The summed E-state index contributed by atoms with van der Waals surface area (Å²) < 4.78 is 18.1. The molecule has 0 unspecified atom stereocenters. The molecule has 0 radical (unpaired) electrons. The van der Waals surface area contributed by atoms with Crippen LogP contribution in [0.15, 0.2) is 24.3 Å². The van der Waals surface area contributed by atoms with Crippen LogP contribution in [0.2, 0.25) is 0 Å². The van der Waals surface area contributed by atoms with Gasteiger partial charge in [0.1, 0.15) is 11.4 Å². The van der Waals surface area contributed by atoms with Gasteiger partial charge in [-0.15, -0.1) is 0 Å². The van der Waals surface area contributed by atoms with Crippen molar-refractivity contribution in [1.82, 2.24) is 10.2 Å². The normalized spacial score (nSPS) is 15.7. The summed E-state index contributed by atoms with van der Waals surface area (Å²) >= 11 is 0. The van der Waals surface area contributed by atoms with Crippen LogP contribution in [0, 0.1) is 5.82 Å². The Balaban J connectivity index is 1.62. The smallest absolute Gasteiger partial charge is 0.410 e. The molecular formula is C16H23FN2O2. The van der Waals surface area contributed by atoms with Crippen LogP contribution < -0.4 is 5.32 Å². The van der Waals surface area contributed by atoms with Gasteiger partial charge in [-0.05, 0) is 51.4 Å². The van der Waals surface area contributed by atoms with Crippen molar-refractivity contribution in [1.29, 1.82) is 0 Å². The first-order valence-electron chi connectivity index (χ1n) is 7.29. The molecule has 4 nitrogen and oxygen atoms in total. The van der Waals surface area contributed by atoms with E-state index in [1.165, 1.54) is 12.1 Å². The number of hydrogen-bond acceptors (Lipinski definition) is 3. The first-order valence-corrected chi connectivity index (χ1v) is 7.29. The minimum Gasteiger partial charge on any atom is -0.444 e. The lowest BCUT2D eigenvalue weighted by atomic mass is 10.1. The van der Waals surface area contributed by atoms with Gasteiger partial charge in [0.15, 0.2) is 0 Å². The molecule has 1 aromatic rings. The van der Waals surface area contributed by atoms with Gasteiger partial charge < -0.3 is 15.0 Å². The molecule has 1 saturated heterocycles. The van der Waals surface area contributed by atoms with Gasteiger partial charge in [-0.2, -0.15) is 0 Å². The number of benzene rings is 1. The molecule has 21 heavy (non-hydrogen) atoms. The van der Waals surface area contributed by atoms with Crippen LogP contribution in [0.1, 0.15) is 26.3 Å². The molecule has 116 valence electrons. The highest BCUT2D eigenvalue weighted by Crippen LogP contribution is 2.15. The molecule has 1 aromatic carbocycles. The maximum atomic E-state index is 12.8. The monoisotopic (exact) mass is 294 g/mol. The van der Waals surface area contributed by atoms with Crippen molar-refractivity contribution in [2.45, 2.75) is 38.8 Å². The van der Waals surface area contributed by atoms with Gasteiger partial charge in [0.2, 0.25) is 0 Å². The van der Waals surface area contributed by atoms with Crippen LogP contribution in [0.5, 0.6) is 0 Å². The summed E-state index contributed by atoms with van der Waals surface area (Å²) in [5.74, 6) is -0.210. The summed E-state index contributed by atoms with van der Waals surface area (Å²) in [7, 11) is 0. The summed E-state index contributed by atoms with van der Waals surface area (Å²) in [6.45, 7) is 7.77. The number of ether oxygens (including phenoxy) is 1. The lowest BCUT2D eigenvalue weighted by Crippen LogP contribution is -2.60. The van der Waals surface area contributed by atoms with Crippen LogP contribution in [-0.2, 0) is 11.2 Å². The van der Waals surface area contributed by atoms with Gasteiger partial charge in [-0.25, -0.2) is 9.18 Å². The molecule has 2 rings (SSSR count). The van der Waals surface area contributed by atoms with E-state index in [1.54, 1.807) is 17.0 Å². The number of nitrogens with one attached hydrogen (secondary N) is 1. The van der Waals surface area contributed by atoms with Crippen LogP contribution in [0.3, 0.4) is 0 Å².